The number of carbonyl (C=O) groups is 1. The Labute approximate surface area is 197 Å². The monoisotopic (exact) mass is 486 g/mol. The summed E-state index contributed by atoms with van der Waals surface area (Å²) in [4.78, 5) is 12.8. The molecule has 1 fully saturated rings. The maximum atomic E-state index is 13.3. The zero-order valence-corrected chi connectivity index (χ0v) is 19.9. The van der Waals surface area contributed by atoms with E-state index in [1.165, 1.54) is 22.1 Å². The number of rotatable bonds is 8. The predicted molar refractivity (Wildman–Crippen MR) is 127 cm³/mol. The second-order valence-electron chi connectivity index (χ2n) is 7.85. The number of tetrazole rings is 1. The number of aromatic nitrogens is 4. The maximum Gasteiger partial charge on any atom is 0.245 e. The molecule has 0 bridgehead atoms. The van der Waals surface area contributed by atoms with E-state index in [-0.39, 0.29) is 28.3 Å². The zero-order chi connectivity index (χ0) is 23.3. The molecule has 4 rings (SSSR count). The lowest BCUT2D eigenvalue weighted by molar-refractivity contribution is -0.113. The van der Waals surface area contributed by atoms with Crippen LogP contribution in [0.5, 0.6) is 0 Å². The Morgan fingerprint density at radius 1 is 1.09 bits per heavy atom. The Balaban J connectivity index is 1.45. The van der Waals surface area contributed by atoms with Crippen LogP contribution in [0.1, 0.15) is 32.1 Å². The first-order chi connectivity index (χ1) is 16.0. The molecule has 0 aliphatic heterocycles. The highest BCUT2D eigenvalue weighted by Gasteiger charge is 2.31. The maximum absolute atomic E-state index is 13.3. The third-order valence-electron chi connectivity index (χ3n) is 5.68. The number of amides is 1. The standard InChI is InChI=1S/C22H26N6O3S2/c1-27(17-10-4-2-5-11-17)33(30,31)20-15-9-8-14-19(20)23-21(29)16-32-22-24-25-26-28(22)18-12-6-3-7-13-18/h3,6-9,12-15,17H,2,4-5,10-11,16H2,1H3,(H,23,29). The third-order valence-corrected chi connectivity index (χ3v) is 8.57. The van der Waals surface area contributed by atoms with Gasteiger partial charge in [-0.1, -0.05) is 61.4 Å². The first kappa shape index (κ1) is 23.4. The van der Waals surface area contributed by atoms with E-state index in [1.807, 2.05) is 30.3 Å². The van der Waals surface area contributed by atoms with E-state index >= 15 is 0 Å². The van der Waals surface area contributed by atoms with Crippen LogP contribution in [0, 0.1) is 0 Å². The van der Waals surface area contributed by atoms with Gasteiger partial charge in [-0.05, 0) is 47.5 Å². The van der Waals surface area contributed by atoms with Gasteiger partial charge < -0.3 is 5.32 Å². The van der Waals surface area contributed by atoms with Gasteiger partial charge >= 0.3 is 0 Å². The number of sulfonamides is 1. The molecular formula is C22H26N6O3S2. The number of hydrogen-bond acceptors (Lipinski definition) is 7. The van der Waals surface area contributed by atoms with Gasteiger partial charge in [-0.15, -0.1) is 5.10 Å². The number of hydrogen-bond donors (Lipinski definition) is 1. The van der Waals surface area contributed by atoms with Gasteiger partial charge in [0, 0.05) is 13.1 Å². The van der Waals surface area contributed by atoms with Crippen molar-refractivity contribution in [2.45, 2.75) is 48.2 Å². The number of carbonyl (C=O) groups excluding carboxylic acids is 1. The molecular weight excluding hydrogens is 460 g/mol. The molecule has 1 amide bonds. The molecule has 1 aliphatic rings. The molecule has 11 heteroatoms. The van der Waals surface area contributed by atoms with Crippen molar-refractivity contribution in [3.63, 3.8) is 0 Å². The van der Waals surface area contributed by atoms with Crippen molar-refractivity contribution in [1.29, 1.82) is 0 Å². The summed E-state index contributed by atoms with van der Waals surface area (Å²) in [7, 11) is -2.11. The van der Waals surface area contributed by atoms with Crippen LogP contribution in [0.15, 0.2) is 64.6 Å². The second kappa shape index (κ2) is 10.4. The summed E-state index contributed by atoms with van der Waals surface area (Å²) in [6.45, 7) is 0. The average Bonchev–Trinajstić information content (AvgIpc) is 3.32. The Hall–Kier alpha value is -2.76. The molecule has 0 atom stereocenters. The van der Waals surface area contributed by atoms with Crippen molar-refractivity contribution < 1.29 is 13.2 Å². The molecule has 0 unspecified atom stereocenters. The summed E-state index contributed by atoms with van der Waals surface area (Å²) in [5.41, 5.74) is 1.06. The van der Waals surface area contributed by atoms with Gasteiger partial charge in [-0.3, -0.25) is 4.79 Å². The molecule has 2 aromatic carbocycles. The second-order valence-corrected chi connectivity index (χ2v) is 10.8. The molecule has 0 saturated heterocycles. The van der Waals surface area contributed by atoms with E-state index in [1.54, 1.807) is 29.9 Å². The van der Waals surface area contributed by atoms with Crippen molar-refractivity contribution in [2.75, 3.05) is 18.1 Å². The number of nitrogens with one attached hydrogen (secondary N) is 1. The minimum atomic E-state index is -3.74. The molecule has 33 heavy (non-hydrogen) atoms. The van der Waals surface area contributed by atoms with Crippen molar-refractivity contribution in [2.24, 2.45) is 0 Å². The van der Waals surface area contributed by atoms with E-state index in [4.69, 9.17) is 0 Å². The predicted octanol–water partition coefficient (Wildman–Crippen LogP) is 3.35. The lowest BCUT2D eigenvalue weighted by atomic mass is 9.96. The topological polar surface area (TPSA) is 110 Å². The Bertz CT molecular complexity index is 1190. The average molecular weight is 487 g/mol. The lowest BCUT2D eigenvalue weighted by Gasteiger charge is -2.30. The Kier molecular flexibility index (Phi) is 7.41. The molecule has 1 aliphatic carbocycles. The summed E-state index contributed by atoms with van der Waals surface area (Å²) >= 11 is 1.17. The first-order valence-corrected chi connectivity index (χ1v) is 13.2. The van der Waals surface area contributed by atoms with Crippen LogP contribution in [-0.4, -0.2) is 57.7 Å². The molecule has 3 aromatic rings. The number of benzene rings is 2. The molecule has 1 N–H and O–H groups in total. The number of thioether (sulfide) groups is 1. The number of anilines is 1. The van der Waals surface area contributed by atoms with E-state index in [0.717, 1.165) is 37.8 Å². The molecule has 1 saturated carbocycles. The highest BCUT2D eigenvalue weighted by molar-refractivity contribution is 7.99. The van der Waals surface area contributed by atoms with Gasteiger partial charge in [0.15, 0.2) is 0 Å². The Morgan fingerprint density at radius 3 is 2.55 bits per heavy atom. The molecule has 0 spiro atoms. The molecule has 174 valence electrons. The van der Waals surface area contributed by atoms with E-state index < -0.39 is 10.0 Å². The van der Waals surface area contributed by atoms with Gasteiger partial charge in [-0.2, -0.15) is 8.99 Å². The van der Waals surface area contributed by atoms with Crippen LogP contribution in [0.2, 0.25) is 0 Å². The fourth-order valence-corrected chi connectivity index (χ4v) is 6.16. The van der Waals surface area contributed by atoms with E-state index in [9.17, 15) is 13.2 Å². The molecule has 1 aromatic heterocycles. The van der Waals surface area contributed by atoms with Gasteiger partial charge in [0.2, 0.25) is 21.1 Å². The van der Waals surface area contributed by atoms with Gasteiger partial charge in [0.25, 0.3) is 0 Å². The fourth-order valence-electron chi connectivity index (χ4n) is 3.91. The summed E-state index contributed by atoms with van der Waals surface area (Å²) in [6, 6.07) is 15.9. The Morgan fingerprint density at radius 2 is 1.79 bits per heavy atom. The van der Waals surface area contributed by atoms with Crippen LogP contribution in [0.25, 0.3) is 5.69 Å². The van der Waals surface area contributed by atoms with Gasteiger partial charge in [0.1, 0.15) is 4.90 Å². The summed E-state index contributed by atoms with van der Waals surface area (Å²) in [5, 5.41) is 14.9. The highest BCUT2D eigenvalue weighted by Crippen LogP contribution is 2.30. The van der Waals surface area contributed by atoms with Crippen LogP contribution >= 0.6 is 11.8 Å². The van der Waals surface area contributed by atoms with Gasteiger partial charge in [0.05, 0.1) is 17.1 Å². The lowest BCUT2D eigenvalue weighted by Crippen LogP contribution is -2.38. The van der Waals surface area contributed by atoms with Crippen molar-refractivity contribution in [1.82, 2.24) is 24.5 Å². The van der Waals surface area contributed by atoms with Crippen molar-refractivity contribution >= 4 is 33.4 Å². The fraction of sp³-hybridized carbons (Fsp3) is 0.364. The molecule has 9 nitrogen and oxygen atoms in total. The van der Waals surface area contributed by atoms with Crippen molar-refractivity contribution in [3.05, 3.63) is 54.6 Å². The first-order valence-electron chi connectivity index (χ1n) is 10.8. The van der Waals surface area contributed by atoms with Gasteiger partial charge in [-0.25, -0.2) is 8.42 Å². The third kappa shape index (κ3) is 5.43. The van der Waals surface area contributed by atoms with E-state index in [0.29, 0.717) is 5.16 Å². The highest BCUT2D eigenvalue weighted by atomic mass is 32.2. The largest absolute Gasteiger partial charge is 0.324 e. The minimum absolute atomic E-state index is 0.0140. The SMILES string of the molecule is CN(C1CCCCC1)S(=O)(=O)c1ccccc1NC(=O)CSc1nnnn1-c1ccccc1. The summed E-state index contributed by atoms with van der Waals surface area (Å²) in [5.74, 6) is -0.314. The van der Waals surface area contributed by atoms with Crippen LogP contribution in [0.3, 0.4) is 0 Å². The van der Waals surface area contributed by atoms with Crippen LogP contribution in [0.4, 0.5) is 5.69 Å². The van der Waals surface area contributed by atoms with Crippen LogP contribution in [-0.2, 0) is 14.8 Å². The minimum Gasteiger partial charge on any atom is -0.324 e. The number of nitrogens with zero attached hydrogens (tertiary/aromatic N) is 5. The molecule has 1 heterocycles. The summed E-state index contributed by atoms with van der Waals surface area (Å²) in [6.07, 6.45) is 4.92. The van der Waals surface area contributed by atoms with E-state index in [2.05, 4.69) is 20.8 Å². The smallest absolute Gasteiger partial charge is 0.245 e. The normalized spacial score (nSPS) is 15.0. The summed E-state index contributed by atoms with van der Waals surface area (Å²) < 4.78 is 29.6. The quantitative estimate of drug-likeness (QED) is 0.486. The van der Waals surface area contributed by atoms with Crippen LogP contribution < -0.4 is 5.32 Å². The zero-order valence-electron chi connectivity index (χ0n) is 18.3. The number of para-hydroxylation sites is 2. The van der Waals surface area contributed by atoms with Crippen molar-refractivity contribution in [3.8, 4) is 5.69 Å². The molecule has 0 radical (unpaired) electrons.